The Bertz CT molecular complexity index is 415. The third kappa shape index (κ3) is 3.89. The lowest BCUT2D eigenvalue weighted by molar-refractivity contribution is 0.487. The van der Waals surface area contributed by atoms with E-state index < -0.39 is 0 Å². The Morgan fingerprint density at radius 2 is 1.10 bits per heavy atom. The molecule has 1 aromatic rings. The zero-order valence-corrected chi connectivity index (χ0v) is 14.8. The third-order valence-corrected chi connectivity index (χ3v) is 8.90. The number of aryl methyl sites for hydroxylation is 2. The molecule has 1 heteroatoms. The van der Waals surface area contributed by atoms with Crippen molar-refractivity contribution in [3.63, 3.8) is 0 Å². The maximum Gasteiger partial charge on any atom is -0.0166 e. The van der Waals surface area contributed by atoms with Gasteiger partial charge in [0.1, 0.15) is 0 Å². The van der Waals surface area contributed by atoms with Gasteiger partial charge in [0.05, 0.1) is 0 Å². The Kier molecular flexibility index (Phi) is 5.38. The van der Waals surface area contributed by atoms with Crippen LogP contribution in [0.4, 0.5) is 0 Å². The summed E-state index contributed by atoms with van der Waals surface area (Å²) in [4.78, 5) is 0. The van der Waals surface area contributed by atoms with Gasteiger partial charge in [0.15, 0.2) is 0 Å². The van der Waals surface area contributed by atoms with Crippen LogP contribution in [0.15, 0.2) is 18.2 Å². The largest absolute Gasteiger partial charge is 0.0689 e. The summed E-state index contributed by atoms with van der Waals surface area (Å²) in [5.41, 5.74) is 5.00. The summed E-state index contributed by atoms with van der Waals surface area (Å²) < 4.78 is 0. The molecule has 0 saturated heterocycles. The van der Waals surface area contributed by atoms with Crippen molar-refractivity contribution < 1.29 is 0 Å². The molecule has 0 heterocycles. The molecule has 0 atom stereocenters. The molecule has 1 aromatic carbocycles. The quantitative estimate of drug-likeness (QED) is 0.594. The van der Waals surface area contributed by atoms with Crippen LogP contribution in [0.3, 0.4) is 0 Å². The topological polar surface area (TPSA) is 0 Å². The van der Waals surface area contributed by atoms with Crippen LogP contribution in [0.5, 0.6) is 0 Å². The minimum Gasteiger partial charge on any atom is -0.0689 e. The van der Waals surface area contributed by atoms with Crippen molar-refractivity contribution in [1.29, 1.82) is 0 Å². The number of hydrogen-bond acceptors (Lipinski definition) is 0. The second kappa shape index (κ2) is 7.28. The average molecular weight is 302 g/mol. The maximum absolute atomic E-state index is 2.53. The summed E-state index contributed by atoms with van der Waals surface area (Å²) >= 11 is 0. The standard InChI is InChI=1S/C20H31P/c1-16-13-17(2)15-20(14-16)21(18-9-5-3-6-10-18)19-11-7-4-8-12-19/h13-15,18-19H,3-12H2,1-2H3. The number of benzene rings is 1. The summed E-state index contributed by atoms with van der Waals surface area (Å²) in [6, 6.07) is 7.41. The van der Waals surface area contributed by atoms with Crippen LogP contribution in [-0.2, 0) is 0 Å². The second-order valence-electron chi connectivity index (χ2n) is 7.34. The van der Waals surface area contributed by atoms with Gasteiger partial charge in [-0.1, -0.05) is 75.8 Å². The zero-order chi connectivity index (χ0) is 14.7. The van der Waals surface area contributed by atoms with Gasteiger partial charge in [-0.2, -0.15) is 0 Å². The van der Waals surface area contributed by atoms with E-state index in [0.29, 0.717) is 0 Å². The first-order valence-electron chi connectivity index (χ1n) is 9.11. The van der Waals surface area contributed by atoms with Gasteiger partial charge in [0.2, 0.25) is 0 Å². The first kappa shape index (κ1) is 15.5. The molecular formula is C20H31P. The Hall–Kier alpha value is -0.350. The Labute approximate surface area is 132 Å². The predicted octanol–water partition coefficient (Wildman–Crippen LogP) is 6.08. The fraction of sp³-hybridized carbons (Fsp3) is 0.700. The highest BCUT2D eigenvalue weighted by atomic mass is 31.1. The molecule has 0 unspecified atom stereocenters. The van der Waals surface area contributed by atoms with E-state index in [-0.39, 0.29) is 7.92 Å². The normalized spacial score (nSPS) is 21.9. The molecule has 2 aliphatic carbocycles. The first-order valence-corrected chi connectivity index (χ1v) is 10.6. The van der Waals surface area contributed by atoms with Gasteiger partial charge in [-0.3, -0.25) is 0 Å². The van der Waals surface area contributed by atoms with Crippen molar-refractivity contribution in [2.75, 3.05) is 0 Å². The van der Waals surface area contributed by atoms with Gasteiger partial charge >= 0.3 is 0 Å². The van der Waals surface area contributed by atoms with E-state index in [1.165, 1.54) is 75.3 Å². The molecule has 0 aliphatic heterocycles. The molecule has 0 amide bonds. The molecule has 0 aromatic heterocycles. The van der Waals surface area contributed by atoms with Crippen LogP contribution >= 0.6 is 7.92 Å². The highest BCUT2D eigenvalue weighted by molar-refractivity contribution is 7.67. The van der Waals surface area contributed by atoms with Crippen molar-refractivity contribution in [1.82, 2.24) is 0 Å². The number of hydrogen-bond donors (Lipinski definition) is 0. The van der Waals surface area contributed by atoms with Gasteiger partial charge in [0.25, 0.3) is 0 Å². The Morgan fingerprint density at radius 1 is 0.667 bits per heavy atom. The molecule has 0 radical (unpaired) electrons. The molecule has 3 rings (SSSR count). The lowest BCUT2D eigenvalue weighted by atomic mass is 9.99. The second-order valence-corrected chi connectivity index (χ2v) is 10.1. The Balaban J connectivity index is 1.89. The molecule has 21 heavy (non-hydrogen) atoms. The monoisotopic (exact) mass is 302 g/mol. The van der Waals surface area contributed by atoms with Gasteiger partial charge < -0.3 is 0 Å². The highest BCUT2D eigenvalue weighted by Crippen LogP contribution is 2.54. The molecule has 116 valence electrons. The first-order chi connectivity index (χ1) is 10.2. The Morgan fingerprint density at radius 3 is 1.52 bits per heavy atom. The molecule has 0 bridgehead atoms. The summed E-state index contributed by atoms with van der Waals surface area (Å²) in [5.74, 6) is 0. The fourth-order valence-corrected chi connectivity index (χ4v) is 8.53. The van der Waals surface area contributed by atoms with E-state index in [2.05, 4.69) is 32.0 Å². The van der Waals surface area contributed by atoms with Crippen molar-refractivity contribution in [3.05, 3.63) is 29.3 Å². The van der Waals surface area contributed by atoms with Crippen molar-refractivity contribution >= 4 is 13.2 Å². The smallest absolute Gasteiger partial charge is 0.0166 e. The van der Waals surface area contributed by atoms with Crippen molar-refractivity contribution in [3.8, 4) is 0 Å². The van der Waals surface area contributed by atoms with Gasteiger partial charge in [-0.25, -0.2) is 0 Å². The van der Waals surface area contributed by atoms with Crippen LogP contribution in [0.1, 0.15) is 75.3 Å². The van der Waals surface area contributed by atoms with E-state index in [9.17, 15) is 0 Å². The number of rotatable bonds is 3. The van der Waals surface area contributed by atoms with Crippen LogP contribution in [-0.4, -0.2) is 11.3 Å². The van der Waals surface area contributed by atoms with Crippen LogP contribution in [0.25, 0.3) is 0 Å². The summed E-state index contributed by atoms with van der Waals surface area (Å²) in [6.45, 7) is 4.57. The van der Waals surface area contributed by atoms with Crippen LogP contribution in [0, 0.1) is 13.8 Å². The maximum atomic E-state index is 2.53. The van der Waals surface area contributed by atoms with Crippen LogP contribution < -0.4 is 5.30 Å². The van der Waals surface area contributed by atoms with E-state index in [1.54, 1.807) is 5.30 Å². The van der Waals surface area contributed by atoms with Gasteiger partial charge in [-0.15, -0.1) is 0 Å². The van der Waals surface area contributed by atoms with Crippen molar-refractivity contribution in [2.24, 2.45) is 0 Å². The molecule has 0 nitrogen and oxygen atoms in total. The zero-order valence-electron chi connectivity index (χ0n) is 13.9. The lowest BCUT2D eigenvalue weighted by Crippen LogP contribution is -2.26. The van der Waals surface area contributed by atoms with E-state index >= 15 is 0 Å². The molecule has 2 fully saturated rings. The minimum atomic E-state index is 0.0755. The van der Waals surface area contributed by atoms with E-state index in [4.69, 9.17) is 0 Å². The molecule has 2 aliphatic rings. The molecule has 0 spiro atoms. The third-order valence-electron chi connectivity index (χ3n) is 5.44. The summed E-state index contributed by atoms with van der Waals surface area (Å²) in [7, 11) is 0.0755. The highest BCUT2D eigenvalue weighted by Gasteiger charge is 2.32. The molecule has 2 saturated carbocycles. The summed E-state index contributed by atoms with van der Waals surface area (Å²) in [5, 5.41) is 1.74. The SMILES string of the molecule is Cc1cc(C)cc(P(C2CCCCC2)C2CCCCC2)c1. The minimum absolute atomic E-state index is 0.0755. The predicted molar refractivity (Wildman–Crippen MR) is 96.2 cm³/mol. The van der Waals surface area contributed by atoms with Crippen molar-refractivity contribution in [2.45, 2.75) is 89.4 Å². The van der Waals surface area contributed by atoms with E-state index in [1.807, 2.05) is 0 Å². The van der Waals surface area contributed by atoms with Gasteiger partial charge in [-0.05, 0) is 56.2 Å². The van der Waals surface area contributed by atoms with E-state index in [0.717, 1.165) is 11.3 Å². The fourth-order valence-electron chi connectivity index (χ4n) is 4.54. The van der Waals surface area contributed by atoms with Gasteiger partial charge in [0, 0.05) is 0 Å². The van der Waals surface area contributed by atoms with Crippen LogP contribution in [0.2, 0.25) is 0 Å². The lowest BCUT2D eigenvalue weighted by Gasteiger charge is -2.39. The molecular weight excluding hydrogens is 271 g/mol. The molecule has 0 N–H and O–H groups in total. The summed E-state index contributed by atoms with van der Waals surface area (Å²) in [6.07, 6.45) is 15.0. The average Bonchev–Trinajstić information content (AvgIpc) is 2.49.